The first-order valence-electron chi connectivity index (χ1n) is 6.36. The average molecular weight is 323 g/mol. The summed E-state index contributed by atoms with van der Waals surface area (Å²) in [6.45, 7) is 7.06. The number of thiophene rings is 1. The molecule has 19 heavy (non-hydrogen) atoms. The molecule has 4 nitrogen and oxygen atoms in total. The molecule has 1 saturated heterocycles. The number of sulfonamides is 1. The highest BCUT2D eigenvalue weighted by atomic mass is 35.5. The largest absolute Gasteiger partial charge is 0.298 e. The SMILES string of the molecule is CCN1CCN(S(=O)(=O)c2cc(CCl)cs2)CC1C. The molecule has 2 heterocycles. The van der Waals surface area contributed by atoms with Crippen molar-refractivity contribution in [2.45, 2.75) is 30.0 Å². The molecule has 108 valence electrons. The number of rotatable bonds is 4. The second-order valence-corrected chi connectivity index (χ2v) is 8.09. The summed E-state index contributed by atoms with van der Waals surface area (Å²) in [6, 6.07) is 1.95. The van der Waals surface area contributed by atoms with E-state index in [-0.39, 0.29) is 6.04 Å². The van der Waals surface area contributed by atoms with Gasteiger partial charge in [0.05, 0.1) is 0 Å². The second-order valence-electron chi connectivity index (χ2n) is 4.75. The predicted molar refractivity (Wildman–Crippen MR) is 79.3 cm³/mol. The first-order chi connectivity index (χ1) is 8.98. The van der Waals surface area contributed by atoms with Crippen LogP contribution in [-0.2, 0) is 15.9 Å². The normalized spacial score (nSPS) is 22.8. The third kappa shape index (κ3) is 3.13. The maximum atomic E-state index is 12.5. The van der Waals surface area contributed by atoms with Gasteiger partial charge in [-0.2, -0.15) is 4.31 Å². The summed E-state index contributed by atoms with van der Waals surface area (Å²) in [5.41, 5.74) is 0.866. The number of hydrogen-bond donors (Lipinski definition) is 0. The zero-order valence-electron chi connectivity index (χ0n) is 11.2. The molecule has 1 atom stereocenters. The Morgan fingerprint density at radius 2 is 2.21 bits per heavy atom. The van der Waals surface area contributed by atoms with Gasteiger partial charge in [-0.1, -0.05) is 6.92 Å². The van der Waals surface area contributed by atoms with Crippen molar-refractivity contribution < 1.29 is 8.42 Å². The van der Waals surface area contributed by atoms with Crippen LogP contribution in [0.3, 0.4) is 0 Å². The van der Waals surface area contributed by atoms with Crippen molar-refractivity contribution in [1.82, 2.24) is 9.21 Å². The maximum Gasteiger partial charge on any atom is 0.252 e. The van der Waals surface area contributed by atoms with Gasteiger partial charge in [-0.15, -0.1) is 22.9 Å². The van der Waals surface area contributed by atoms with E-state index >= 15 is 0 Å². The molecule has 1 aliphatic rings. The van der Waals surface area contributed by atoms with Crippen LogP contribution in [0.1, 0.15) is 19.4 Å². The molecule has 0 saturated carbocycles. The molecule has 0 radical (unpaired) electrons. The first-order valence-corrected chi connectivity index (χ1v) is 9.22. The Bertz CT molecular complexity index is 530. The van der Waals surface area contributed by atoms with E-state index in [1.807, 2.05) is 5.38 Å². The molecule has 0 aromatic carbocycles. The van der Waals surface area contributed by atoms with Gasteiger partial charge in [-0.05, 0) is 30.5 Å². The fourth-order valence-electron chi connectivity index (χ4n) is 2.34. The third-order valence-corrected chi connectivity index (χ3v) is 7.15. The van der Waals surface area contributed by atoms with Gasteiger partial charge in [-0.3, -0.25) is 4.90 Å². The summed E-state index contributed by atoms with van der Waals surface area (Å²) in [5.74, 6) is 0.353. The highest BCUT2D eigenvalue weighted by Crippen LogP contribution is 2.26. The minimum atomic E-state index is -3.35. The molecule has 2 rings (SSSR count). The molecule has 7 heteroatoms. The standard InChI is InChI=1S/C12H19ClN2O2S2/c1-3-14-4-5-15(8-10(14)2)19(16,17)12-6-11(7-13)9-18-12/h6,9-10H,3-5,7-8H2,1-2H3. The van der Waals surface area contributed by atoms with Gasteiger partial charge in [0.25, 0.3) is 10.0 Å². The molecular weight excluding hydrogens is 304 g/mol. The van der Waals surface area contributed by atoms with E-state index in [2.05, 4.69) is 18.7 Å². The van der Waals surface area contributed by atoms with Gasteiger partial charge in [0.1, 0.15) is 4.21 Å². The van der Waals surface area contributed by atoms with E-state index in [9.17, 15) is 8.42 Å². The number of nitrogens with zero attached hydrogens (tertiary/aromatic N) is 2. The van der Waals surface area contributed by atoms with Gasteiger partial charge in [-0.25, -0.2) is 8.42 Å². The van der Waals surface area contributed by atoms with E-state index < -0.39 is 10.0 Å². The van der Waals surface area contributed by atoms with Crippen LogP contribution in [0.5, 0.6) is 0 Å². The Labute approximate surface area is 124 Å². The molecule has 1 fully saturated rings. The molecule has 1 aromatic heterocycles. The molecule has 1 aliphatic heterocycles. The van der Waals surface area contributed by atoms with Crippen molar-refractivity contribution >= 4 is 33.0 Å². The van der Waals surface area contributed by atoms with E-state index in [0.717, 1.165) is 18.7 Å². The fourth-order valence-corrected chi connectivity index (χ4v) is 5.46. The Kier molecular flexibility index (Phi) is 4.89. The zero-order valence-corrected chi connectivity index (χ0v) is 13.6. The summed E-state index contributed by atoms with van der Waals surface area (Å²) in [6.07, 6.45) is 0. The smallest absolute Gasteiger partial charge is 0.252 e. The van der Waals surface area contributed by atoms with Crippen LogP contribution in [0.2, 0.25) is 0 Å². The molecule has 0 bridgehead atoms. The minimum Gasteiger partial charge on any atom is -0.298 e. The number of hydrogen-bond acceptors (Lipinski definition) is 4. The summed E-state index contributed by atoms with van der Waals surface area (Å²) < 4.78 is 27.1. The minimum absolute atomic E-state index is 0.265. The molecule has 0 aliphatic carbocycles. The molecule has 1 aromatic rings. The van der Waals surface area contributed by atoms with Crippen molar-refractivity contribution in [3.63, 3.8) is 0 Å². The Morgan fingerprint density at radius 3 is 2.74 bits per heavy atom. The van der Waals surface area contributed by atoms with E-state index in [4.69, 9.17) is 11.6 Å². The Balaban J connectivity index is 2.17. The predicted octanol–water partition coefficient (Wildman–Crippen LogP) is 2.20. The lowest BCUT2D eigenvalue weighted by atomic mass is 10.2. The highest BCUT2D eigenvalue weighted by molar-refractivity contribution is 7.91. The van der Waals surface area contributed by atoms with Crippen LogP contribution in [-0.4, -0.2) is 49.8 Å². The van der Waals surface area contributed by atoms with Gasteiger partial charge in [0, 0.05) is 31.6 Å². The number of alkyl halides is 1. The topological polar surface area (TPSA) is 40.6 Å². The van der Waals surface area contributed by atoms with Crippen molar-refractivity contribution in [3.8, 4) is 0 Å². The van der Waals surface area contributed by atoms with E-state index in [0.29, 0.717) is 23.2 Å². The third-order valence-electron chi connectivity index (χ3n) is 3.51. The fraction of sp³-hybridized carbons (Fsp3) is 0.667. The molecular formula is C12H19ClN2O2S2. The van der Waals surface area contributed by atoms with Crippen LogP contribution in [0, 0.1) is 0 Å². The van der Waals surface area contributed by atoms with Gasteiger partial charge in [0.15, 0.2) is 0 Å². The molecule has 0 amide bonds. The number of halogens is 1. The molecule has 0 N–H and O–H groups in total. The highest BCUT2D eigenvalue weighted by Gasteiger charge is 2.32. The van der Waals surface area contributed by atoms with Crippen LogP contribution >= 0.6 is 22.9 Å². The first kappa shape index (κ1) is 15.3. The number of piperazine rings is 1. The Hall–Kier alpha value is -0.140. The van der Waals surface area contributed by atoms with Gasteiger partial charge < -0.3 is 0 Å². The second kappa shape index (κ2) is 6.10. The van der Waals surface area contributed by atoms with Crippen LogP contribution in [0.25, 0.3) is 0 Å². The van der Waals surface area contributed by atoms with Crippen LogP contribution < -0.4 is 0 Å². The lowest BCUT2D eigenvalue weighted by molar-refractivity contribution is 0.136. The molecule has 1 unspecified atom stereocenters. The quantitative estimate of drug-likeness (QED) is 0.798. The zero-order chi connectivity index (χ0) is 14.0. The van der Waals surface area contributed by atoms with E-state index in [1.54, 1.807) is 10.4 Å². The summed E-state index contributed by atoms with van der Waals surface area (Å²) in [4.78, 5) is 2.30. The van der Waals surface area contributed by atoms with E-state index in [1.165, 1.54) is 11.3 Å². The van der Waals surface area contributed by atoms with Crippen LogP contribution in [0.4, 0.5) is 0 Å². The lowest BCUT2D eigenvalue weighted by Crippen LogP contribution is -2.53. The summed E-state index contributed by atoms with van der Waals surface area (Å²) >= 11 is 6.98. The monoisotopic (exact) mass is 322 g/mol. The van der Waals surface area contributed by atoms with Gasteiger partial charge >= 0.3 is 0 Å². The van der Waals surface area contributed by atoms with Crippen LogP contribution in [0.15, 0.2) is 15.7 Å². The van der Waals surface area contributed by atoms with Crippen molar-refractivity contribution in [1.29, 1.82) is 0 Å². The average Bonchev–Trinajstić information content (AvgIpc) is 2.88. The summed E-state index contributed by atoms with van der Waals surface area (Å²) in [5, 5.41) is 1.81. The number of likely N-dealkylation sites (N-methyl/N-ethyl adjacent to an activating group) is 1. The maximum absolute atomic E-state index is 12.5. The summed E-state index contributed by atoms with van der Waals surface area (Å²) in [7, 11) is -3.35. The van der Waals surface area contributed by atoms with Crippen molar-refractivity contribution in [3.05, 3.63) is 17.0 Å². The van der Waals surface area contributed by atoms with Crippen molar-refractivity contribution in [2.24, 2.45) is 0 Å². The lowest BCUT2D eigenvalue weighted by Gasteiger charge is -2.38. The van der Waals surface area contributed by atoms with Gasteiger partial charge in [0.2, 0.25) is 0 Å². The Morgan fingerprint density at radius 1 is 1.47 bits per heavy atom. The molecule has 0 spiro atoms. The van der Waals surface area contributed by atoms with Crippen molar-refractivity contribution in [2.75, 3.05) is 26.2 Å².